The number of amides is 3. The van der Waals surface area contributed by atoms with Gasteiger partial charge in [0.05, 0.1) is 5.41 Å². The van der Waals surface area contributed by atoms with Gasteiger partial charge in [0.15, 0.2) is 0 Å². The summed E-state index contributed by atoms with van der Waals surface area (Å²) in [7, 11) is 1.54. The number of carbonyl (C=O) groups is 3. The number of carbonyl (C=O) groups excluding carboxylic acids is 2. The molecular formula is C13H25N3O4. The number of hydrogen-bond donors (Lipinski definition) is 4. The number of hydrogen-bond acceptors (Lipinski definition) is 3. The average Bonchev–Trinajstić information content (AvgIpc) is 2.39. The lowest BCUT2D eigenvalue weighted by Gasteiger charge is -2.23. The van der Waals surface area contributed by atoms with Crippen LogP contribution in [0.15, 0.2) is 0 Å². The average molecular weight is 287 g/mol. The van der Waals surface area contributed by atoms with E-state index in [-0.39, 0.29) is 24.8 Å². The van der Waals surface area contributed by atoms with Crippen molar-refractivity contribution in [3.8, 4) is 0 Å². The maximum absolute atomic E-state index is 11.6. The molecule has 7 heteroatoms. The standard InChI is InChI=1S/C13H25N3O4/c1-5-9(6-10(17)18)7-15-12(20)16-8-13(2,3)11(19)14-4/h9H,5-8H2,1-4H3,(H,14,19)(H,17,18)(H2,15,16,20). The Balaban J connectivity index is 4.11. The summed E-state index contributed by atoms with van der Waals surface area (Å²) in [6.45, 7) is 5.84. The molecule has 20 heavy (non-hydrogen) atoms. The Morgan fingerprint density at radius 2 is 1.80 bits per heavy atom. The van der Waals surface area contributed by atoms with E-state index in [1.54, 1.807) is 20.9 Å². The maximum Gasteiger partial charge on any atom is 0.314 e. The van der Waals surface area contributed by atoms with Crippen LogP contribution in [0.25, 0.3) is 0 Å². The summed E-state index contributed by atoms with van der Waals surface area (Å²) in [5.74, 6) is -1.12. The second-order valence-electron chi connectivity index (χ2n) is 5.40. The van der Waals surface area contributed by atoms with Gasteiger partial charge in [0.1, 0.15) is 0 Å². The minimum absolute atomic E-state index is 0.0283. The first-order chi connectivity index (χ1) is 9.22. The summed E-state index contributed by atoms with van der Waals surface area (Å²) in [5.41, 5.74) is -0.697. The summed E-state index contributed by atoms with van der Waals surface area (Å²) >= 11 is 0. The summed E-state index contributed by atoms with van der Waals surface area (Å²) in [5, 5.41) is 16.5. The van der Waals surface area contributed by atoms with Crippen molar-refractivity contribution in [1.82, 2.24) is 16.0 Å². The Kier molecular flexibility index (Phi) is 7.64. The van der Waals surface area contributed by atoms with E-state index in [4.69, 9.17) is 5.11 Å². The van der Waals surface area contributed by atoms with Gasteiger partial charge in [-0.3, -0.25) is 9.59 Å². The van der Waals surface area contributed by atoms with E-state index in [0.29, 0.717) is 13.0 Å². The zero-order valence-corrected chi connectivity index (χ0v) is 12.6. The van der Waals surface area contributed by atoms with E-state index < -0.39 is 17.4 Å². The highest BCUT2D eigenvalue weighted by Gasteiger charge is 2.27. The van der Waals surface area contributed by atoms with Crippen LogP contribution >= 0.6 is 0 Å². The van der Waals surface area contributed by atoms with E-state index in [1.165, 1.54) is 0 Å². The molecule has 0 saturated carbocycles. The molecule has 0 aliphatic rings. The molecule has 0 rings (SSSR count). The van der Waals surface area contributed by atoms with Crippen LogP contribution in [0.5, 0.6) is 0 Å². The van der Waals surface area contributed by atoms with Crippen LogP contribution in [0.2, 0.25) is 0 Å². The van der Waals surface area contributed by atoms with Crippen molar-refractivity contribution >= 4 is 17.9 Å². The zero-order chi connectivity index (χ0) is 15.8. The third-order valence-electron chi connectivity index (χ3n) is 3.12. The van der Waals surface area contributed by atoms with Crippen LogP contribution in [0.3, 0.4) is 0 Å². The van der Waals surface area contributed by atoms with Crippen molar-refractivity contribution in [2.75, 3.05) is 20.1 Å². The van der Waals surface area contributed by atoms with Crippen molar-refractivity contribution in [1.29, 1.82) is 0 Å². The monoisotopic (exact) mass is 287 g/mol. The predicted octanol–water partition coefficient (Wildman–Crippen LogP) is 0.559. The number of carboxylic acid groups (broad SMARTS) is 1. The normalized spacial score (nSPS) is 12.4. The highest BCUT2D eigenvalue weighted by molar-refractivity contribution is 5.82. The fraction of sp³-hybridized carbons (Fsp3) is 0.769. The maximum atomic E-state index is 11.6. The van der Waals surface area contributed by atoms with Gasteiger partial charge < -0.3 is 21.1 Å². The molecule has 3 amide bonds. The smallest absolute Gasteiger partial charge is 0.314 e. The molecule has 0 aliphatic heterocycles. The number of carboxylic acids is 1. The molecule has 4 N–H and O–H groups in total. The molecule has 7 nitrogen and oxygen atoms in total. The molecular weight excluding hydrogens is 262 g/mol. The fourth-order valence-electron chi connectivity index (χ4n) is 1.63. The van der Waals surface area contributed by atoms with E-state index in [2.05, 4.69) is 16.0 Å². The van der Waals surface area contributed by atoms with Crippen LogP contribution in [-0.2, 0) is 9.59 Å². The SMILES string of the molecule is CCC(CNC(=O)NCC(C)(C)C(=O)NC)CC(=O)O. The van der Waals surface area contributed by atoms with Crippen LogP contribution in [0.1, 0.15) is 33.6 Å². The van der Waals surface area contributed by atoms with E-state index in [1.807, 2.05) is 6.92 Å². The van der Waals surface area contributed by atoms with Gasteiger partial charge in [-0.1, -0.05) is 13.3 Å². The van der Waals surface area contributed by atoms with Crippen LogP contribution in [-0.4, -0.2) is 43.2 Å². The minimum Gasteiger partial charge on any atom is -0.481 e. The van der Waals surface area contributed by atoms with Gasteiger partial charge in [-0.05, 0) is 19.8 Å². The summed E-state index contributed by atoms with van der Waals surface area (Å²) in [6, 6.07) is -0.397. The van der Waals surface area contributed by atoms with Gasteiger partial charge in [0.2, 0.25) is 5.91 Å². The molecule has 0 bridgehead atoms. The third kappa shape index (κ3) is 6.96. The van der Waals surface area contributed by atoms with E-state index >= 15 is 0 Å². The quantitative estimate of drug-likeness (QED) is 0.523. The summed E-state index contributed by atoms with van der Waals surface area (Å²) in [6.07, 6.45) is 0.705. The topological polar surface area (TPSA) is 108 Å². The highest BCUT2D eigenvalue weighted by atomic mass is 16.4. The summed E-state index contributed by atoms with van der Waals surface area (Å²) < 4.78 is 0. The van der Waals surface area contributed by atoms with Crippen molar-refractivity contribution in [3.63, 3.8) is 0 Å². The van der Waals surface area contributed by atoms with Gasteiger partial charge in [0, 0.05) is 26.6 Å². The van der Waals surface area contributed by atoms with Gasteiger partial charge in [0.25, 0.3) is 0 Å². The van der Waals surface area contributed by atoms with Crippen LogP contribution in [0.4, 0.5) is 4.79 Å². The molecule has 0 aromatic carbocycles. The molecule has 0 spiro atoms. The molecule has 0 aliphatic carbocycles. The molecule has 116 valence electrons. The predicted molar refractivity (Wildman–Crippen MR) is 75.3 cm³/mol. The molecule has 0 aromatic heterocycles. The molecule has 1 atom stereocenters. The van der Waals surface area contributed by atoms with E-state index in [9.17, 15) is 14.4 Å². The Hall–Kier alpha value is -1.79. The highest BCUT2D eigenvalue weighted by Crippen LogP contribution is 2.13. The molecule has 0 saturated heterocycles. The Morgan fingerprint density at radius 1 is 1.20 bits per heavy atom. The number of aliphatic carboxylic acids is 1. The Morgan fingerprint density at radius 3 is 2.25 bits per heavy atom. The largest absolute Gasteiger partial charge is 0.481 e. The number of rotatable bonds is 8. The van der Waals surface area contributed by atoms with E-state index in [0.717, 1.165) is 0 Å². The lowest BCUT2D eigenvalue weighted by Crippen LogP contribution is -2.47. The summed E-state index contributed by atoms with van der Waals surface area (Å²) in [4.78, 5) is 33.7. The lowest BCUT2D eigenvalue weighted by molar-refractivity contribution is -0.138. The van der Waals surface area contributed by atoms with Gasteiger partial charge in [-0.2, -0.15) is 0 Å². The number of nitrogens with one attached hydrogen (secondary N) is 3. The van der Waals surface area contributed by atoms with Gasteiger partial charge >= 0.3 is 12.0 Å². The van der Waals surface area contributed by atoms with Crippen molar-refractivity contribution in [2.45, 2.75) is 33.6 Å². The third-order valence-corrected chi connectivity index (χ3v) is 3.12. The van der Waals surface area contributed by atoms with Crippen LogP contribution < -0.4 is 16.0 Å². The van der Waals surface area contributed by atoms with Crippen molar-refractivity contribution < 1.29 is 19.5 Å². The minimum atomic E-state index is -0.875. The molecule has 0 heterocycles. The van der Waals surface area contributed by atoms with Gasteiger partial charge in [-0.25, -0.2) is 4.79 Å². The second-order valence-corrected chi connectivity index (χ2v) is 5.40. The fourth-order valence-corrected chi connectivity index (χ4v) is 1.63. The first-order valence-electron chi connectivity index (χ1n) is 6.68. The first kappa shape index (κ1) is 18.2. The Bertz CT molecular complexity index is 356. The molecule has 0 fully saturated rings. The van der Waals surface area contributed by atoms with Crippen LogP contribution in [0, 0.1) is 11.3 Å². The Labute approximate surface area is 119 Å². The van der Waals surface area contributed by atoms with Crippen molar-refractivity contribution in [3.05, 3.63) is 0 Å². The first-order valence-corrected chi connectivity index (χ1v) is 6.68. The number of urea groups is 1. The van der Waals surface area contributed by atoms with Gasteiger partial charge in [-0.15, -0.1) is 0 Å². The molecule has 1 unspecified atom stereocenters. The lowest BCUT2D eigenvalue weighted by atomic mass is 9.92. The van der Waals surface area contributed by atoms with Crippen molar-refractivity contribution in [2.24, 2.45) is 11.3 Å². The molecule has 0 radical (unpaired) electrons. The zero-order valence-electron chi connectivity index (χ0n) is 12.6. The second kappa shape index (κ2) is 8.39. The molecule has 0 aromatic rings.